The second kappa shape index (κ2) is 9.04. The Hall–Kier alpha value is -3.93. The van der Waals surface area contributed by atoms with Crippen LogP contribution in [0.25, 0.3) is 22.7 Å². The smallest absolute Gasteiger partial charge is 0.391 e. The summed E-state index contributed by atoms with van der Waals surface area (Å²) < 4.78 is 59.7. The van der Waals surface area contributed by atoms with Gasteiger partial charge in [-0.1, -0.05) is 28.5 Å². The minimum Gasteiger partial charge on any atom is -0.391 e. The van der Waals surface area contributed by atoms with Crippen LogP contribution in [-0.4, -0.2) is 54.3 Å². The van der Waals surface area contributed by atoms with Crippen LogP contribution in [0.3, 0.4) is 0 Å². The highest BCUT2D eigenvalue weighted by Gasteiger charge is 2.54. The number of fused-ring (bicyclic) bond motifs is 2. The van der Waals surface area contributed by atoms with E-state index in [0.717, 1.165) is 40.0 Å². The third-order valence-electron chi connectivity index (χ3n) is 8.32. The third kappa shape index (κ3) is 4.27. The Kier molecular flexibility index (Phi) is 5.73. The first-order chi connectivity index (χ1) is 19.5. The first-order valence-corrected chi connectivity index (χ1v) is 14.6. The van der Waals surface area contributed by atoms with Gasteiger partial charge in [0.05, 0.1) is 34.9 Å². The lowest BCUT2D eigenvalue weighted by Crippen LogP contribution is -2.64. The van der Waals surface area contributed by atoms with E-state index in [9.17, 15) is 17.4 Å². The molecule has 1 unspecified atom stereocenters. The Bertz CT molecular complexity index is 1750. The molecule has 0 amide bonds. The summed E-state index contributed by atoms with van der Waals surface area (Å²) in [5.41, 5.74) is 3.05. The number of aryl methyl sites for hydroxylation is 1. The fourth-order valence-corrected chi connectivity index (χ4v) is 7.85. The van der Waals surface area contributed by atoms with Gasteiger partial charge in [-0.15, -0.1) is 0 Å². The molecule has 0 saturated carbocycles. The molecular weight excluding hydrogens is 555 g/mol. The van der Waals surface area contributed by atoms with Crippen LogP contribution in [0.5, 0.6) is 0 Å². The maximum absolute atomic E-state index is 13.3. The SMILES string of the molecule is Cc1cn(-c2ccc(C=C3CC4(CN5C3=NOCC5(C)c3ccc(C(F)(F)F)cc3)CS(=O)C4)c3cnoc23)cn1. The van der Waals surface area contributed by atoms with E-state index in [1.165, 1.54) is 12.1 Å². The maximum Gasteiger partial charge on any atom is 0.416 e. The molecule has 1 spiro atoms. The summed E-state index contributed by atoms with van der Waals surface area (Å²) in [5, 5.41) is 9.32. The maximum atomic E-state index is 13.3. The van der Waals surface area contributed by atoms with E-state index in [2.05, 4.69) is 20.2 Å². The number of aromatic nitrogens is 3. The van der Waals surface area contributed by atoms with Crippen LogP contribution in [-0.2, 0) is 27.4 Å². The number of nitrogens with zero attached hydrogens (tertiary/aromatic N) is 5. The summed E-state index contributed by atoms with van der Waals surface area (Å²) in [6, 6.07) is 9.16. The van der Waals surface area contributed by atoms with Gasteiger partial charge < -0.3 is 18.8 Å². The van der Waals surface area contributed by atoms with Crippen LogP contribution < -0.4 is 0 Å². The summed E-state index contributed by atoms with van der Waals surface area (Å²) in [7, 11) is -0.907. The van der Waals surface area contributed by atoms with Gasteiger partial charge in [-0.3, -0.25) is 4.21 Å². The molecule has 2 saturated heterocycles. The summed E-state index contributed by atoms with van der Waals surface area (Å²) in [4.78, 5) is 12.2. The predicted molar refractivity (Wildman–Crippen MR) is 148 cm³/mol. The van der Waals surface area contributed by atoms with E-state index in [1.807, 2.05) is 42.8 Å². The largest absolute Gasteiger partial charge is 0.416 e. The van der Waals surface area contributed by atoms with Gasteiger partial charge in [0, 0.05) is 40.5 Å². The fraction of sp³-hybridized carbons (Fsp3) is 0.345. The number of hydrogen-bond acceptors (Lipinski definition) is 7. The van der Waals surface area contributed by atoms with Crippen molar-refractivity contribution in [1.29, 1.82) is 0 Å². The standard InChI is InChI=1S/C29H26F3N5O3S/c1-18-12-36(17-33-18)24-8-3-19(23-11-34-40-25(23)24)9-20-10-28(15-41(38)16-28)13-37-26(20)35-39-14-27(37,2)21-4-6-22(7-5-21)29(30,31)32/h3-9,11-12,17H,10,13-16H2,1-2H3. The second-order valence-corrected chi connectivity index (χ2v) is 12.8. The molecule has 0 aliphatic carbocycles. The van der Waals surface area contributed by atoms with Gasteiger partial charge in [-0.05, 0) is 61.2 Å². The van der Waals surface area contributed by atoms with Gasteiger partial charge in [-0.25, -0.2) is 4.98 Å². The predicted octanol–water partition coefficient (Wildman–Crippen LogP) is 5.44. The van der Waals surface area contributed by atoms with Crippen LogP contribution in [0.4, 0.5) is 13.2 Å². The second-order valence-electron chi connectivity index (χ2n) is 11.4. The van der Waals surface area contributed by atoms with Crippen LogP contribution in [0.1, 0.15) is 35.7 Å². The Balaban J connectivity index is 1.31. The number of benzene rings is 2. The molecule has 8 nitrogen and oxygen atoms in total. The normalized spacial score (nSPS) is 27.0. The number of hydrogen-bond donors (Lipinski definition) is 0. The molecule has 5 heterocycles. The number of oxime groups is 1. The average Bonchev–Trinajstić information content (AvgIpc) is 3.58. The number of amidine groups is 1. The molecule has 7 rings (SSSR count). The molecule has 12 heteroatoms. The van der Waals surface area contributed by atoms with Crippen molar-refractivity contribution in [2.24, 2.45) is 10.6 Å². The molecular formula is C29H26F3N5O3S. The van der Waals surface area contributed by atoms with Crippen molar-refractivity contribution in [2.45, 2.75) is 32.0 Å². The van der Waals surface area contributed by atoms with E-state index >= 15 is 0 Å². The molecule has 1 atom stereocenters. The van der Waals surface area contributed by atoms with E-state index in [1.54, 1.807) is 12.5 Å². The monoisotopic (exact) mass is 581 g/mol. The molecule has 3 aliphatic heterocycles. The molecule has 0 bridgehead atoms. The fourth-order valence-electron chi connectivity index (χ4n) is 6.18. The number of piperidine rings is 1. The van der Waals surface area contributed by atoms with Gasteiger partial charge in [0.25, 0.3) is 0 Å². The van der Waals surface area contributed by atoms with Crippen molar-refractivity contribution in [1.82, 2.24) is 19.6 Å². The molecule has 4 aromatic rings. The van der Waals surface area contributed by atoms with Crippen molar-refractivity contribution in [2.75, 3.05) is 24.7 Å². The Labute approximate surface area is 235 Å². The summed E-state index contributed by atoms with van der Waals surface area (Å²) in [6.07, 6.45) is 3.57. The van der Waals surface area contributed by atoms with Gasteiger partial charge in [0.1, 0.15) is 12.1 Å². The zero-order chi connectivity index (χ0) is 28.6. The molecule has 2 fully saturated rings. The highest BCUT2D eigenvalue weighted by atomic mass is 32.2. The number of rotatable bonds is 3. The van der Waals surface area contributed by atoms with Crippen molar-refractivity contribution in [3.05, 3.63) is 83.1 Å². The van der Waals surface area contributed by atoms with Crippen LogP contribution in [0.15, 0.2) is 70.4 Å². The van der Waals surface area contributed by atoms with Gasteiger partial charge in [-0.2, -0.15) is 13.2 Å². The van der Waals surface area contributed by atoms with Crippen LogP contribution in [0.2, 0.25) is 0 Å². The molecule has 212 valence electrons. The summed E-state index contributed by atoms with van der Waals surface area (Å²) in [5.74, 6) is 1.74. The van der Waals surface area contributed by atoms with Gasteiger partial charge in [0.15, 0.2) is 11.4 Å². The zero-order valence-electron chi connectivity index (χ0n) is 22.3. The molecule has 3 aliphatic rings. The first-order valence-electron chi connectivity index (χ1n) is 13.1. The van der Waals surface area contributed by atoms with Crippen molar-refractivity contribution >= 4 is 33.7 Å². The quantitative estimate of drug-likeness (QED) is 0.321. The van der Waals surface area contributed by atoms with E-state index < -0.39 is 28.1 Å². The Morgan fingerprint density at radius 1 is 1.12 bits per heavy atom. The molecule has 0 radical (unpaired) electrons. The molecule has 41 heavy (non-hydrogen) atoms. The number of alkyl halides is 3. The zero-order valence-corrected chi connectivity index (χ0v) is 23.1. The van der Waals surface area contributed by atoms with Gasteiger partial charge >= 0.3 is 6.18 Å². The molecule has 2 aromatic carbocycles. The number of imidazole rings is 1. The first kappa shape index (κ1) is 26.0. The minimum absolute atomic E-state index is 0.170. The van der Waals surface area contributed by atoms with E-state index in [0.29, 0.717) is 41.5 Å². The van der Waals surface area contributed by atoms with Gasteiger partial charge in [0.2, 0.25) is 0 Å². The van der Waals surface area contributed by atoms with Crippen molar-refractivity contribution in [3.63, 3.8) is 0 Å². The molecule has 2 aromatic heterocycles. The van der Waals surface area contributed by atoms with E-state index in [4.69, 9.17) is 9.36 Å². The Morgan fingerprint density at radius 2 is 1.90 bits per heavy atom. The lowest BCUT2D eigenvalue weighted by molar-refractivity contribution is -0.137. The van der Waals surface area contributed by atoms with Crippen molar-refractivity contribution < 1.29 is 26.7 Å². The highest BCUT2D eigenvalue weighted by molar-refractivity contribution is 7.86. The van der Waals surface area contributed by atoms with Crippen molar-refractivity contribution in [3.8, 4) is 5.69 Å². The average molecular weight is 582 g/mol. The topological polar surface area (TPSA) is 85.8 Å². The Morgan fingerprint density at radius 3 is 2.59 bits per heavy atom. The van der Waals surface area contributed by atoms with E-state index in [-0.39, 0.29) is 12.0 Å². The van der Waals surface area contributed by atoms with Crippen LogP contribution >= 0.6 is 0 Å². The third-order valence-corrected chi connectivity index (χ3v) is 10.2. The lowest BCUT2D eigenvalue weighted by atomic mass is 9.75. The minimum atomic E-state index is -4.42. The van der Waals surface area contributed by atoms with Crippen LogP contribution in [0, 0.1) is 12.3 Å². The lowest BCUT2D eigenvalue weighted by Gasteiger charge is -2.55. The number of halogens is 3. The summed E-state index contributed by atoms with van der Waals surface area (Å²) >= 11 is 0. The summed E-state index contributed by atoms with van der Waals surface area (Å²) in [6.45, 7) is 4.62. The molecule has 0 N–H and O–H groups in total. The highest BCUT2D eigenvalue weighted by Crippen LogP contribution is 2.48.